The predicted molar refractivity (Wildman–Crippen MR) is 90.6 cm³/mol. The van der Waals surface area contributed by atoms with E-state index in [1.54, 1.807) is 0 Å². The maximum absolute atomic E-state index is 12.8. The number of imide groups is 1. The molecule has 3 amide bonds. The number of halogens is 3. The van der Waals surface area contributed by atoms with Crippen LogP contribution in [0.3, 0.4) is 0 Å². The van der Waals surface area contributed by atoms with Gasteiger partial charge in [-0.05, 0) is 23.3 Å². The number of ketones is 1. The summed E-state index contributed by atoms with van der Waals surface area (Å²) in [5.41, 5.74) is 0.251. The fourth-order valence-corrected chi connectivity index (χ4v) is 2.61. The number of nitrogens with zero attached hydrogens (tertiary/aromatic N) is 1. The van der Waals surface area contributed by atoms with E-state index in [9.17, 15) is 27.6 Å². The van der Waals surface area contributed by atoms with Crippen LogP contribution in [0.2, 0.25) is 0 Å². The fourth-order valence-electron chi connectivity index (χ4n) is 2.61. The van der Waals surface area contributed by atoms with Crippen molar-refractivity contribution in [3.63, 3.8) is 0 Å². The molecule has 1 aliphatic heterocycles. The van der Waals surface area contributed by atoms with Gasteiger partial charge in [-0.3, -0.25) is 19.8 Å². The van der Waals surface area contributed by atoms with Crippen LogP contribution >= 0.6 is 0 Å². The Hall–Kier alpha value is -3.42. The highest BCUT2D eigenvalue weighted by Crippen LogP contribution is 2.32. The number of benzene rings is 2. The lowest BCUT2D eigenvalue weighted by Crippen LogP contribution is -2.32. The monoisotopic (exact) mass is 374 g/mol. The molecule has 138 valence electrons. The summed E-state index contributed by atoms with van der Waals surface area (Å²) >= 11 is 0. The topological polar surface area (TPSA) is 66.5 Å². The van der Waals surface area contributed by atoms with Gasteiger partial charge >= 0.3 is 12.2 Å². The minimum atomic E-state index is -4.44. The quantitative estimate of drug-likeness (QED) is 0.505. The fraction of sp³-hybridized carbons (Fsp3) is 0.105. The van der Waals surface area contributed by atoms with Crippen molar-refractivity contribution in [2.24, 2.45) is 0 Å². The Kier molecular flexibility index (Phi) is 4.57. The Balaban J connectivity index is 1.78. The molecular weight excluding hydrogens is 361 g/mol. The van der Waals surface area contributed by atoms with Gasteiger partial charge < -0.3 is 0 Å². The van der Waals surface area contributed by atoms with Gasteiger partial charge in [0.1, 0.15) is 5.70 Å². The Morgan fingerprint density at radius 3 is 2.26 bits per heavy atom. The smallest absolute Gasteiger partial charge is 0.292 e. The standard InChI is InChI=1S/C19H13F3N2O3/c1-11-17(26)23-18(27)24(11)10-16(25)13-7-5-12(6-8-13)14-3-2-4-15(9-14)19(20,21)22/h2-9H,1,10H2,(H,23,26,27). The molecule has 0 saturated carbocycles. The highest BCUT2D eigenvalue weighted by Gasteiger charge is 2.33. The first kappa shape index (κ1) is 18.4. The summed E-state index contributed by atoms with van der Waals surface area (Å²) in [6.45, 7) is 3.08. The number of Topliss-reactive ketones (excluding diaryl/α,β-unsaturated/α-hetero) is 1. The molecule has 0 aliphatic carbocycles. The van der Waals surface area contributed by atoms with E-state index in [0.717, 1.165) is 17.0 Å². The van der Waals surface area contributed by atoms with Gasteiger partial charge in [0.15, 0.2) is 5.78 Å². The Bertz CT molecular complexity index is 949. The van der Waals surface area contributed by atoms with Crippen LogP contribution in [0, 0.1) is 0 Å². The molecule has 0 spiro atoms. The van der Waals surface area contributed by atoms with Gasteiger partial charge in [-0.1, -0.05) is 43.0 Å². The highest BCUT2D eigenvalue weighted by molar-refractivity contribution is 6.13. The number of carbonyl (C=O) groups excluding carboxylic acids is 3. The van der Waals surface area contributed by atoms with Crippen molar-refractivity contribution in [2.75, 3.05) is 6.54 Å². The number of alkyl halides is 3. The van der Waals surface area contributed by atoms with Crippen LogP contribution in [0.5, 0.6) is 0 Å². The van der Waals surface area contributed by atoms with E-state index in [1.165, 1.54) is 36.4 Å². The normalized spacial score (nSPS) is 14.5. The summed E-state index contributed by atoms with van der Waals surface area (Å²) in [5, 5.41) is 2.03. The van der Waals surface area contributed by atoms with Crippen molar-refractivity contribution >= 4 is 17.7 Å². The van der Waals surface area contributed by atoms with Crippen LogP contribution in [-0.2, 0) is 11.0 Å². The van der Waals surface area contributed by atoms with E-state index >= 15 is 0 Å². The van der Waals surface area contributed by atoms with Crippen molar-refractivity contribution < 1.29 is 27.6 Å². The van der Waals surface area contributed by atoms with Gasteiger partial charge in [-0.2, -0.15) is 13.2 Å². The molecule has 2 aromatic rings. The second-order valence-electron chi connectivity index (χ2n) is 5.87. The van der Waals surface area contributed by atoms with E-state index in [2.05, 4.69) is 6.58 Å². The van der Waals surface area contributed by atoms with Gasteiger partial charge in [-0.15, -0.1) is 0 Å². The molecule has 1 saturated heterocycles. The molecule has 0 unspecified atom stereocenters. The maximum Gasteiger partial charge on any atom is 0.416 e. The molecule has 0 bridgehead atoms. The SMILES string of the molecule is C=C1C(=O)NC(=O)N1CC(=O)c1ccc(-c2cccc(C(F)(F)F)c2)cc1. The molecule has 27 heavy (non-hydrogen) atoms. The molecular formula is C19H13F3N2O3. The maximum atomic E-state index is 12.8. The van der Waals surface area contributed by atoms with E-state index in [1.807, 2.05) is 5.32 Å². The Labute approximate surface area is 152 Å². The van der Waals surface area contributed by atoms with Crippen molar-refractivity contribution in [1.29, 1.82) is 0 Å². The summed E-state index contributed by atoms with van der Waals surface area (Å²) in [7, 11) is 0. The van der Waals surface area contributed by atoms with Crippen LogP contribution in [-0.4, -0.2) is 29.2 Å². The van der Waals surface area contributed by atoms with E-state index in [4.69, 9.17) is 0 Å². The van der Waals surface area contributed by atoms with Gasteiger partial charge in [0, 0.05) is 5.56 Å². The Morgan fingerprint density at radius 2 is 1.70 bits per heavy atom. The van der Waals surface area contributed by atoms with Gasteiger partial charge in [0.05, 0.1) is 12.1 Å². The first-order valence-corrected chi connectivity index (χ1v) is 7.79. The minimum absolute atomic E-state index is 0.117. The second-order valence-corrected chi connectivity index (χ2v) is 5.87. The number of amides is 3. The molecule has 1 heterocycles. The number of urea groups is 1. The van der Waals surface area contributed by atoms with Gasteiger partial charge in [0.2, 0.25) is 0 Å². The third kappa shape index (κ3) is 3.74. The number of rotatable bonds is 4. The molecule has 1 aliphatic rings. The van der Waals surface area contributed by atoms with Gasteiger partial charge in [-0.25, -0.2) is 4.79 Å². The lowest BCUT2D eigenvalue weighted by molar-refractivity contribution is -0.137. The first-order chi connectivity index (χ1) is 12.7. The predicted octanol–water partition coefficient (Wildman–Crippen LogP) is 3.62. The molecule has 0 radical (unpaired) electrons. The summed E-state index contributed by atoms with van der Waals surface area (Å²) in [6.07, 6.45) is -4.44. The molecule has 1 N–H and O–H groups in total. The lowest BCUT2D eigenvalue weighted by Gasteiger charge is -2.13. The summed E-state index contributed by atoms with van der Waals surface area (Å²) in [4.78, 5) is 36.2. The average molecular weight is 374 g/mol. The van der Waals surface area contributed by atoms with Crippen molar-refractivity contribution in [3.8, 4) is 11.1 Å². The molecule has 5 nitrogen and oxygen atoms in total. The molecule has 0 atom stereocenters. The zero-order valence-electron chi connectivity index (χ0n) is 13.8. The number of hydrogen-bond donors (Lipinski definition) is 1. The third-order valence-corrected chi connectivity index (χ3v) is 4.09. The second kappa shape index (κ2) is 6.71. The first-order valence-electron chi connectivity index (χ1n) is 7.79. The van der Waals surface area contributed by atoms with Crippen molar-refractivity contribution in [1.82, 2.24) is 10.2 Å². The molecule has 0 aromatic heterocycles. The van der Waals surface area contributed by atoms with Crippen molar-refractivity contribution in [2.45, 2.75) is 6.18 Å². The summed E-state index contributed by atoms with van der Waals surface area (Å²) in [5.74, 6) is -1.09. The van der Waals surface area contributed by atoms with E-state index < -0.39 is 29.5 Å². The van der Waals surface area contributed by atoms with Crippen LogP contribution in [0.1, 0.15) is 15.9 Å². The number of nitrogens with one attached hydrogen (secondary N) is 1. The zero-order valence-corrected chi connectivity index (χ0v) is 13.8. The summed E-state index contributed by atoms with van der Waals surface area (Å²) in [6, 6.07) is 10.1. The van der Waals surface area contributed by atoms with Crippen LogP contribution in [0.4, 0.5) is 18.0 Å². The van der Waals surface area contributed by atoms with E-state index in [0.29, 0.717) is 11.1 Å². The largest absolute Gasteiger partial charge is 0.416 e. The average Bonchev–Trinajstić information content (AvgIpc) is 2.87. The van der Waals surface area contributed by atoms with Crippen LogP contribution in [0.25, 0.3) is 11.1 Å². The van der Waals surface area contributed by atoms with Crippen LogP contribution in [0.15, 0.2) is 60.8 Å². The molecule has 2 aromatic carbocycles. The minimum Gasteiger partial charge on any atom is -0.292 e. The zero-order chi connectivity index (χ0) is 19.8. The molecule has 8 heteroatoms. The highest BCUT2D eigenvalue weighted by atomic mass is 19.4. The lowest BCUT2D eigenvalue weighted by atomic mass is 10.0. The van der Waals surface area contributed by atoms with Gasteiger partial charge in [0.25, 0.3) is 5.91 Å². The number of hydrogen-bond acceptors (Lipinski definition) is 3. The molecule has 1 fully saturated rings. The van der Waals surface area contributed by atoms with Crippen molar-refractivity contribution in [3.05, 3.63) is 71.9 Å². The van der Waals surface area contributed by atoms with E-state index in [-0.39, 0.29) is 17.8 Å². The molecule has 3 rings (SSSR count). The summed E-state index contributed by atoms with van der Waals surface area (Å²) < 4.78 is 38.5. The Morgan fingerprint density at radius 1 is 1.04 bits per heavy atom. The van der Waals surface area contributed by atoms with Crippen LogP contribution < -0.4 is 5.32 Å². The third-order valence-electron chi connectivity index (χ3n) is 4.09. The number of carbonyl (C=O) groups is 3.